The first-order valence-corrected chi connectivity index (χ1v) is 5.56. The Balaban J connectivity index is 2.65. The fourth-order valence-electron chi connectivity index (χ4n) is 2.12. The molecule has 3 aromatic rings. The van der Waals surface area contributed by atoms with Gasteiger partial charge in [-0.05, 0) is 26.0 Å². The summed E-state index contributed by atoms with van der Waals surface area (Å²) in [6.07, 6.45) is 0.777. The van der Waals surface area contributed by atoms with Gasteiger partial charge < -0.3 is 8.83 Å². The number of carbonyl (C=O) groups is 1. The lowest BCUT2D eigenvalue weighted by Crippen LogP contribution is -1.83. The van der Waals surface area contributed by atoms with Crippen molar-refractivity contribution in [2.75, 3.05) is 0 Å². The second kappa shape index (κ2) is 3.37. The highest BCUT2D eigenvalue weighted by Gasteiger charge is 2.18. The molecule has 2 heterocycles. The Hall–Kier alpha value is -1.74. The van der Waals surface area contributed by atoms with Gasteiger partial charge in [0.05, 0.1) is 10.6 Å². The summed E-state index contributed by atoms with van der Waals surface area (Å²) in [4.78, 5) is 11.2. The molecule has 0 unspecified atom stereocenters. The van der Waals surface area contributed by atoms with Crippen LogP contribution in [0.5, 0.6) is 0 Å². The molecule has 3 rings (SSSR count). The normalized spacial score (nSPS) is 11.5. The van der Waals surface area contributed by atoms with Gasteiger partial charge in [0.2, 0.25) is 0 Å². The average Bonchev–Trinajstić information content (AvgIpc) is 2.83. The van der Waals surface area contributed by atoms with E-state index in [2.05, 4.69) is 0 Å². The van der Waals surface area contributed by atoms with Crippen molar-refractivity contribution in [3.63, 3.8) is 0 Å². The van der Waals surface area contributed by atoms with Gasteiger partial charge in [-0.1, -0.05) is 11.6 Å². The third-order valence-electron chi connectivity index (χ3n) is 2.80. The zero-order chi connectivity index (χ0) is 12.2. The van der Waals surface area contributed by atoms with Crippen LogP contribution in [0.15, 0.2) is 21.0 Å². The predicted molar refractivity (Wildman–Crippen MR) is 65.9 cm³/mol. The van der Waals surface area contributed by atoms with Gasteiger partial charge in [-0.2, -0.15) is 0 Å². The number of aryl methyl sites for hydroxylation is 2. The molecule has 0 bridgehead atoms. The van der Waals surface area contributed by atoms with E-state index in [0.29, 0.717) is 32.5 Å². The molecule has 0 aliphatic carbocycles. The summed E-state index contributed by atoms with van der Waals surface area (Å²) in [6.45, 7) is 3.63. The van der Waals surface area contributed by atoms with Gasteiger partial charge in [0, 0.05) is 10.8 Å². The van der Waals surface area contributed by atoms with Crippen molar-refractivity contribution >= 4 is 39.8 Å². The van der Waals surface area contributed by atoms with Crippen LogP contribution in [0.1, 0.15) is 21.9 Å². The van der Waals surface area contributed by atoms with Crippen molar-refractivity contribution < 1.29 is 13.6 Å². The Labute approximate surface area is 102 Å². The van der Waals surface area contributed by atoms with E-state index in [1.165, 1.54) is 0 Å². The van der Waals surface area contributed by atoms with Gasteiger partial charge >= 0.3 is 0 Å². The summed E-state index contributed by atoms with van der Waals surface area (Å²) in [5.74, 6) is 1.43. The molecule has 0 amide bonds. The molecule has 3 nitrogen and oxygen atoms in total. The first-order valence-electron chi connectivity index (χ1n) is 5.18. The molecule has 86 valence electrons. The van der Waals surface area contributed by atoms with Crippen LogP contribution < -0.4 is 0 Å². The van der Waals surface area contributed by atoms with Gasteiger partial charge in [0.15, 0.2) is 11.9 Å². The number of hydrogen-bond donors (Lipinski definition) is 0. The van der Waals surface area contributed by atoms with Crippen LogP contribution in [0.25, 0.3) is 21.9 Å². The molecule has 0 aliphatic rings. The summed E-state index contributed by atoms with van der Waals surface area (Å²) in [5, 5.41) is 1.91. The maximum absolute atomic E-state index is 11.2. The van der Waals surface area contributed by atoms with Crippen LogP contribution in [0.3, 0.4) is 0 Å². The third kappa shape index (κ3) is 1.32. The maximum atomic E-state index is 11.2. The van der Waals surface area contributed by atoms with Crippen LogP contribution in [0.4, 0.5) is 0 Å². The van der Waals surface area contributed by atoms with Gasteiger partial charge in [-0.3, -0.25) is 4.79 Å². The molecule has 0 saturated carbocycles. The summed E-state index contributed by atoms with van der Waals surface area (Å²) >= 11 is 6.26. The van der Waals surface area contributed by atoms with Crippen LogP contribution in [-0.4, -0.2) is 6.29 Å². The van der Waals surface area contributed by atoms with Crippen molar-refractivity contribution in [3.8, 4) is 0 Å². The van der Waals surface area contributed by atoms with E-state index in [4.69, 9.17) is 20.4 Å². The molecule has 0 fully saturated rings. The second-order valence-corrected chi connectivity index (χ2v) is 4.42. The topological polar surface area (TPSA) is 43.4 Å². The number of furan rings is 2. The highest BCUT2D eigenvalue weighted by Crippen LogP contribution is 2.38. The number of carbonyl (C=O) groups excluding carboxylic acids is 1. The summed E-state index contributed by atoms with van der Waals surface area (Å²) in [7, 11) is 0. The predicted octanol–water partition coefficient (Wildman–Crippen LogP) is 4.26. The number of hydrogen-bond acceptors (Lipinski definition) is 3. The maximum Gasteiger partial charge on any atom is 0.154 e. The van der Waals surface area contributed by atoms with Crippen LogP contribution >= 0.6 is 11.6 Å². The first kappa shape index (κ1) is 10.4. The van der Waals surface area contributed by atoms with Gasteiger partial charge in [-0.15, -0.1) is 0 Å². The zero-order valence-corrected chi connectivity index (χ0v) is 10.1. The van der Waals surface area contributed by atoms with Crippen molar-refractivity contribution in [1.82, 2.24) is 0 Å². The number of aldehydes is 1. The molecule has 0 aliphatic heterocycles. The monoisotopic (exact) mass is 248 g/mol. The quantitative estimate of drug-likeness (QED) is 0.604. The molecule has 17 heavy (non-hydrogen) atoms. The van der Waals surface area contributed by atoms with Gasteiger partial charge in [-0.25, -0.2) is 0 Å². The van der Waals surface area contributed by atoms with Gasteiger partial charge in [0.1, 0.15) is 17.1 Å². The summed E-state index contributed by atoms with van der Waals surface area (Å²) < 4.78 is 11.1. The molecule has 0 spiro atoms. The number of benzene rings is 1. The van der Waals surface area contributed by atoms with E-state index in [-0.39, 0.29) is 0 Å². The number of fused-ring (bicyclic) bond motifs is 2. The fourth-order valence-corrected chi connectivity index (χ4v) is 2.40. The number of rotatable bonds is 1. The Kier molecular flexibility index (Phi) is 2.07. The van der Waals surface area contributed by atoms with E-state index in [9.17, 15) is 4.79 Å². The Morgan fingerprint density at radius 1 is 1.06 bits per heavy atom. The minimum Gasteiger partial charge on any atom is -0.461 e. The molecule has 0 saturated heterocycles. The fraction of sp³-hybridized carbons (Fsp3) is 0.154. The molecular formula is C13H9ClO3. The number of halogens is 1. The van der Waals surface area contributed by atoms with Crippen LogP contribution in [0.2, 0.25) is 5.02 Å². The highest BCUT2D eigenvalue weighted by molar-refractivity contribution is 6.41. The lowest BCUT2D eigenvalue weighted by atomic mass is 10.1. The average molecular weight is 249 g/mol. The molecule has 2 aromatic heterocycles. The smallest absolute Gasteiger partial charge is 0.154 e. The van der Waals surface area contributed by atoms with Gasteiger partial charge in [0.25, 0.3) is 0 Å². The summed E-state index contributed by atoms with van der Waals surface area (Å²) in [6, 6.07) is 3.60. The van der Waals surface area contributed by atoms with E-state index >= 15 is 0 Å². The second-order valence-electron chi connectivity index (χ2n) is 4.05. The van der Waals surface area contributed by atoms with Crippen molar-refractivity contribution in [3.05, 3.63) is 34.2 Å². The van der Waals surface area contributed by atoms with E-state index < -0.39 is 0 Å². The Morgan fingerprint density at radius 3 is 2.29 bits per heavy atom. The zero-order valence-electron chi connectivity index (χ0n) is 9.33. The SMILES string of the molecule is Cc1cc2c(C=O)c3oc(C)cc3c(Cl)c2o1. The minimum absolute atomic E-state index is 0.490. The Morgan fingerprint density at radius 2 is 1.65 bits per heavy atom. The lowest BCUT2D eigenvalue weighted by molar-refractivity contribution is 0.112. The first-order chi connectivity index (χ1) is 8.11. The third-order valence-corrected chi connectivity index (χ3v) is 3.17. The standard InChI is InChI=1S/C13H9ClO3/c1-6-3-8-10(5-15)12-9(4-7(2)16-12)11(14)13(8)17-6/h3-5H,1-2H3. The minimum atomic E-state index is 0.490. The van der Waals surface area contributed by atoms with E-state index in [1.54, 1.807) is 6.07 Å². The molecule has 0 N–H and O–H groups in total. The largest absolute Gasteiger partial charge is 0.461 e. The Bertz CT molecular complexity index is 691. The lowest BCUT2D eigenvalue weighted by Gasteiger charge is -1.98. The molecule has 0 radical (unpaired) electrons. The molecular weight excluding hydrogens is 240 g/mol. The van der Waals surface area contributed by atoms with Crippen LogP contribution in [0, 0.1) is 13.8 Å². The van der Waals surface area contributed by atoms with E-state index in [0.717, 1.165) is 17.8 Å². The highest BCUT2D eigenvalue weighted by atomic mass is 35.5. The molecule has 4 heteroatoms. The van der Waals surface area contributed by atoms with Crippen molar-refractivity contribution in [1.29, 1.82) is 0 Å². The molecule has 1 aromatic carbocycles. The molecule has 0 atom stereocenters. The van der Waals surface area contributed by atoms with E-state index in [1.807, 2.05) is 19.9 Å². The van der Waals surface area contributed by atoms with Crippen molar-refractivity contribution in [2.24, 2.45) is 0 Å². The summed E-state index contributed by atoms with van der Waals surface area (Å²) in [5.41, 5.74) is 1.56. The van der Waals surface area contributed by atoms with Crippen LogP contribution in [-0.2, 0) is 0 Å². The van der Waals surface area contributed by atoms with Crippen molar-refractivity contribution in [2.45, 2.75) is 13.8 Å².